The maximum atomic E-state index is 4.87. The molecule has 2 aromatic heterocycles. The van der Waals surface area contributed by atoms with Crippen LogP contribution >= 0.6 is 0 Å². The van der Waals surface area contributed by atoms with Crippen molar-refractivity contribution in [1.29, 1.82) is 0 Å². The lowest BCUT2D eigenvalue weighted by atomic mass is 9.70. The average molecular weight is 578 g/mol. The fourth-order valence-electron chi connectivity index (χ4n) is 8.08. The van der Waals surface area contributed by atoms with Crippen LogP contribution in [-0.2, 0) is 5.41 Å². The third kappa shape index (κ3) is 3.25. The lowest BCUT2D eigenvalue weighted by Crippen LogP contribution is -2.26. The number of para-hydroxylation sites is 1. The van der Waals surface area contributed by atoms with Crippen molar-refractivity contribution in [3.8, 4) is 33.6 Å². The number of pyridine rings is 1. The van der Waals surface area contributed by atoms with Gasteiger partial charge in [0, 0.05) is 16.3 Å². The van der Waals surface area contributed by atoms with Gasteiger partial charge in [-0.1, -0.05) is 141 Å². The van der Waals surface area contributed by atoms with Crippen LogP contribution in [0.3, 0.4) is 0 Å². The van der Waals surface area contributed by atoms with E-state index in [-0.39, 0.29) is 0 Å². The summed E-state index contributed by atoms with van der Waals surface area (Å²) < 4.78 is 2.24. The van der Waals surface area contributed by atoms with Gasteiger partial charge in [0.25, 0.3) is 0 Å². The minimum Gasteiger partial charge on any atom is -0.274 e. The molecule has 0 radical (unpaired) electrons. The van der Waals surface area contributed by atoms with Gasteiger partial charge in [-0.15, -0.1) is 10.2 Å². The molecule has 2 aliphatic carbocycles. The van der Waals surface area contributed by atoms with Crippen LogP contribution in [0.1, 0.15) is 41.7 Å². The van der Waals surface area contributed by atoms with Crippen LogP contribution in [0.4, 0.5) is 0 Å². The molecule has 2 heterocycles. The fourth-order valence-corrected chi connectivity index (χ4v) is 8.08. The van der Waals surface area contributed by atoms with E-state index >= 15 is 0 Å². The lowest BCUT2D eigenvalue weighted by Gasteiger charge is -2.30. The molecule has 3 heteroatoms. The zero-order chi connectivity index (χ0) is 30.3. The first-order valence-corrected chi connectivity index (χ1v) is 15.9. The molecule has 10 rings (SSSR count). The first-order chi connectivity index (χ1) is 22.2. The summed E-state index contributed by atoms with van der Waals surface area (Å²) in [6.45, 7) is 6.20. The fraction of sp³-hybridized carbons (Fsp3) is 0.0952. The molecule has 8 aromatic rings. The second kappa shape index (κ2) is 9.48. The molecule has 0 bridgehead atoms. The average Bonchev–Trinajstić information content (AvgIpc) is 3.76. The Hall–Kier alpha value is -5.54. The number of benzene rings is 6. The highest BCUT2D eigenvalue weighted by molar-refractivity contribution is 6.12. The molecule has 6 aromatic carbocycles. The predicted molar refractivity (Wildman–Crippen MR) is 186 cm³/mol. The molecule has 0 fully saturated rings. The van der Waals surface area contributed by atoms with E-state index in [4.69, 9.17) is 10.2 Å². The van der Waals surface area contributed by atoms with E-state index in [1.54, 1.807) is 0 Å². The van der Waals surface area contributed by atoms with Crippen molar-refractivity contribution >= 4 is 27.3 Å². The Labute approximate surface area is 262 Å². The largest absolute Gasteiger partial charge is 0.274 e. The Kier molecular flexibility index (Phi) is 5.46. The summed E-state index contributed by atoms with van der Waals surface area (Å²) in [5.41, 5.74) is 14.5. The van der Waals surface area contributed by atoms with Crippen molar-refractivity contribution < 1.29 is 0 Å². The maximum Gasteiger partial charge on any atom is 0.169 e. The lowest BCUT2D eigenvalue weighted by molar-refractivity contribution is 0.792. The molecule has 0 atom stereocenters. The summed E-state index contributed by atoms with van der Waals surface area (Å²) in [6.07, 6.45) is 0. The number of aryl methyl sites for hydroxylation is 1. The van der Waals surface area contributed by atoms with Gasteiger partial charge in [0.05, 0.1) is 10.9 Å². The van der Waals surface area contributed by atoms with Crippen molar-refractivity contribution in [2.75, 3.05) is 0 Å². The number of hydrogen-bond donors (Lipinski definition) is 0. The van der Waals surface area contributed by atoms with Crippen LogP contribution in [0.25, 0.3) is 61.0 Å². The Morgan fingerprint density at radius 3 is 1.78 bits per heavy atom. The van der Waals surface area contributed by atoms with Gasteiger partial charge in [-0.05, 0) is 69.0 Å². The Bertz CT molecular complexity index is 2440. The van der Waals surface area contributed by atoms with E-state index < -0.39 is 5.41 Å². The second-order valence-corrected chi connectivity index (χ2v) is 11.9. The molecule has 0 aliphatic heterocycles. The van der Waals surface area contributed by atoms with E-state index in [9.17, 15) is 0 Å². The zero-order valence-electron chi connectivity index (χ0n) is 25.5. The van der Waals surface area contributed by atoms with Crippen molar-refractivity contribution in [3.63, 3.8) is 0 Å². The molecule has 1 spiro atoms. The topological polar surface area (TPSA) is 30.2 Å². The van der Waals surface area contributed by atoms with Crippen LogP contribution < -0.4 is 0 Å². The quantitative estimate of drug-likeness (QED) is 0.182. The molecule has 2 aliphatic rings. The summed E-state index contributed by atoms with van der Waals surface area (Å²) in [5, 5.41) is 13.2. The van der Waals surface area contributed by atoms with Crippen LogP contribution in [0, 0.1) is 6.92 Å². The van der Waals surface area contributed by atoms with E-state index in [0.717, 1.165) is 27.9 Å². The van der Waals surface area contributed by atoms with Gasteiger partial charge in [-0.25, -0.2) is 0 Å². The van der Waals surface area contributed by atoms with E-state index in [1.165, 1.54) is 60.8 Å². The molecular weight excluding hydrogens is 546 g/mol. The highest BCUT2D eigenvalue weighted by Gasteiger charge is 2.51. The van der Waals surface area contributed by atoms with Crippen LogP contribution in [-0.4, -0.2) is 14.6 Å². The van der Waals surface area contributed by atoms with E-state index in [0.29, 0.717) is 0 Å². The number of fused-ring (bicyclic) bond motifs is 16. The third-order valence-corrected chi connectivity index (χ3v) is 9.77. The Morgan fingerprint density at radius 2 is 1.04 bits per heavy atom. The molecule has 0 N–H and O–H groups in total. The summed E-state index contributed by atoms with van der Waals surface area (Å²) in [4.78, 5) is 0. The van der Waals surface area contributed by atoms with Crippen molar-refractivity contribution in [1.82, 2.24) is 14.6 Å². The SMILES string of the molecule is CC.Cc1ccc2c(c1)C1(c3ccccc3-c3ccccc31)c1cc(-c3nnc4c5ccccc5c5ccccc5n34)ccc1-2. The normalized spacial score (nSPS) is 13.4. The van der Waals surface area contributed by atoms with Crippen LogP contribution in [0.2, 0.25) is 0 Å². The summed E-state index contributed by atoms with van der Waals surface area (Å²) in [7, 11) is 0. The predicted octanol–water partition coefficient (Wildman–Crippen LogP) is 10.4. The number of aromatic nitrogens is 3. The van der Waals surface area contributed by atoms with Gasteiger partial charge < -0.3 is 0 Å². The first-order valence-electron chi connectivity index (χ1n) is 15.9. The second-order valence-electron chi connectivity index (χ2n) is 11.9. The van der Waals surface area contributed by atoms with Crippen molar-refractivity contribution in [3.05, 3.63) is 161 Å². The molecule has 3 nitrogen and oxygen atoms in total. The first kappa shape index (κ1) is 25.9. The van der Waals surface area contributed by atoms with Gasteiger partial charge in [-0.3, -0.25) is 4.40 Å². The minimum absolute atomic E-state index is 0.394. The smallest absolute Gasteiger partial charge is 0.169 e. The van der Waals surface area contributed by atoms with E-state index in [1.807, 2.05) is 13.8 Å². The highest BCUT2D eigenvalue weighted by Crippen LogP contribution is 2.63. The van der Waals surface area contributed by atoms with Crippen LogP contribution in [0.15, 0.2) is 133 Å². The number of hydrogen-bond acceptors (Lipinski definition) is 2. The van der Waals surface area contributed by atoms with Gasteiger partial charge in [0.2, 0.25) is 0 Å². The Balaban J connectivity index is 0.00000138. The maximum absolute atomic E-state index is 4.87. The highest BCUT2D eigenvalue weighted by atomic mass is 15.2. The standard InChI is InChI=1S/C40H25N3.C2H6/c1-24-18-20-29-30-21-19-25(38-41-42-39-32-14-3-2-10-26(32)31-13-6-9-17-37(31)43(38)39)23-36(30)40(35(29)22-24)33-15-7-4-11-27(33)28-12-5-8-16-34(28)40;1-2/h2-23H,1H3;1-2H3. The van der Waals surface area contributed by atoms with Gasteiger partial charge >= 0.3 is 0 Å². The van der Waals surface area contributed by atoms with Crippen LogP contribution in [0.5, 0.6) is 0 Å². The van der Waals surface area contributed by atoms with Crippen molar-refractivity contribution in [2.24, 2.45) is 0 Å². The summed E-state index contributed by atoms with van der Waals surface area (Å²) in [5.74, 6) is 0.863. The molecule has 45 heavy (non-hydrogen) atoms. The molecule has 0 saturated carbocycles. The molecule has 0 unspecified atom stereocenters. The monoisotopic (exact) mass is 577 g/mol. The summed E-state index contributed by atoms with van der Waals surface area (Å²) in [6, 6.07) is 48.9. The zero-order valence-corrected chi connectivity index (χ0v) is 25.5. The molecule has 0 saturated heterocycles. The molecule has 214 valence electrons. The van der Waals surface area contributed by atoms with Gasteiger partial charge in [-0.2, -0.15) is 0 Å². The van der Waals surface area contributed by atoms with Gasteiger partial charge in [0.1, 0.15) is 0 Å². The van der Waals surface area contributed by atoms with E-state index in [2.05, 4.69) is 145 Å². The number of nitrogens with zero attached hydrogens (tertiary/aromatic N) is 3. The third-order valence-electron chi connectivity index (χ3n) is 9.77. The van der Waals surface area contributed by atoms with Crippen molar-refractivity contribution in [2.45, 2.75) is 26.2 Å². The molecular formula is C42H31N3. The minimum atomic E-state index is -0.394. The Morgan fingerprint density at radius 1 is 0.489 bits per heavy atom. The summed E-state index contributed by atoms with van der Waals surface area (Å²) >= 11 is 0. The van der Waals surface area contributed by atoms with Gasteiger partial charge in [0.15, 0.2) is 11.5 Å². The molecule has 0 amide bonds. The number of rotatable bonds is 1.